The predicted molar refractivity (Wildman–Crippen MR) is 135 cm³/mol. The zero-order chi connectivity index (χ0) is 24.9. The fourth-order valence-corrected chi connectivity index (χ4v) is 4.42. The Balaban J connectivity index is 1.14. The molecule has 0 spiro atoms. The standard InChI is InChI=1S/C27H28N4O5/c1-34-17-22-7-4-8-28-27(22)31-11-9-30(10-12-31)26(33)19-36-25-18-35-23(13-24(25)32)16-29-14-20-5-2-3-6-21(20)15-29/h2-8,13-15,18H,9-12,16-17,19H2,1H3. The Morgan fingerprint density at radius 1 is 1.06 bits per heavy atom. The first-order valence-corrected chi connectivity index (χ1v) is 11.9. The lowest BCUT2D eigenvalue weighted by atomic mass is 10.2. The van der Waals surface area contributed by atoms with Crippen molar-refractivity contribution >= 4 is 22.5 Å². The van der Waals surface area contributed by atoms with Gasteiger partial charge in [-0.15, -0.1) is 0 Å². The highest BCUT2D eigenvalue weighted by Gasteiger charge is 2.24. The van der Waals surface area contributed by atoms with Crippen molar-refractivity contribution in [2.45, 2.75) is 13.2 Å². The van der Waals surface area contributed by atoms with Gasteiger partial charge in [-0.05, 0) is 16.8 Å². The topological polar surface area (TPSA) is 90.0 Å². The van der Waals surface area contributed by atoms with E-state index in [4.69, 9.17) is 13.9 Å². The molecule has 0 radical (unpaired) electrons. The van der Waals surface area contributed by atoms with Crippen LogP contribution in [0.2, 0.25) is 0 Å². The van der Waals surface area contributed by atoms with Crippen LogP contribution >= 0.6 is 0 Å². The first-order chi connectivity index (χ1) is 17.6. The summed E-state index contributed by atoms with van der Waals surface area (Å²) in [5.74, 6) is 1.25. The maximum absolute atomic E-state index is 12.7. The van der Waals surface area contributed by atoms with Gasteiger partial charge < -0.3 is 28.3 Å². The quantitative estimate of drug-likeness (QED) is 0.377. The van der Waals surface area contributed by atoms with Gasteiger partial charge >= 0.3 is 0 Å². The summed E-state index contributed by atoms with van der Waals surface area (Å²) in [6.07, 6.45) is 7.05. The number of aromatic nitrogens is 2. The van der Waals surface area contributed by atoms with E-state index in [9.17, 15) is 9.59 Å². The number of methoxy groups -OCH3 is 1. The van der Waals surface area contributed by atoms with E-state index in [1.165, 1.54) is 12.3 Å². The van der Waals surface area contributed by atoms with Gasteiger partial charge in [-0.1, -0.05) is 30.3 Å². The Morgan fingerprint density at radius 2 is 1.81 bits per heavy atom. The molecule has 9 heteroatoms. The summed E-state index contributed by atoms with van der Waals surface area (Å²) < 4.78 is 18.4. The Hall–Kier alpha value is -4.11. The van der Waals surface area contributed by atoms with Crippen LogP contribution in [0.15, 0.2) is 76.5 Å². The average molecular weight is 489 g/mol. The SMILES string of the molecule is COCc1cccnc1N1CCN(C(=O)COc2coc(Cn3cc4ccccc4c3)cc2=O)CC1. The third-order valence-corrected chi connectivity index (χ3v) is 6.25. The monoisotopic (exact) mass is 488 g/mol. The smallest absolute Gasteiger partial charge is 0.260 e. The van der Waals surface area contributed by atoms with Crippen LogP contribution in [0, 0.1) is 0 Å². The minimum atomic E-state index is -0.314. The Bertz CT molecular complexity index is 1370. The third kappa shape index (κ3) is 5.26. The van der Waals surface area contributed by atoms with Gasteiger partial charge in [0.2, 0.25) is 11.2 Å². The van der Waals surface area contributed by atoms with Crippen LogP contribution in [0.1, 0.15) is 11.3 Å². The van der Waals surface area contributed by atoms with Gasteiger partial charge in [-0.25, -0.2) is 4.98 Å². The van der Waals surface area contributed by atoms with Crippen LogP contribution in [-0.4, -0.2) is 60.3 Å². The van der Waals surface area contributed by atoms with Gasteiger partial charge in [-0.3, -0.25) is 9.59 Å². The molecule has 4 aromatic rings. The van der Waals surface area contributed by atoms with Crippen molar-refractivity contribution in [3.8, 4) is 5.75 Å². The molecule has 0 N–H and O–H groups in total. The van der Waals surface area contributed by atoms with E-state index in [1.54, 1.807) is 18.2 Å². The van der Waals surface area contributed by atoms with Gasteiger partial charge in [-0.2, -0.15) is 0 Å². The molecule has 5 rings (SSSR count). The fourth-order valence-electron chi connectivity index (χ4n) is 4.42. The second-order valence-corrected chi connectivity index (χ2v) is 8.71. The summed E-state index contributed by atoms with van der Waals surface area (Å²) in [5.41, 5.74) is 0.703. The number of piperazine rings is 1. The number of hydrogen-bond acceptors (Lipinski definition) is 7. The first-order valence-electron chi connectivity index (χ1n) is 11.9. The Kier molecular flexibility index (Phi) is 6.99. The lowest BCUT2D eigenvalue weighted by Crippen LogP contribution is -2.50. The van der Waals surface area contributed by atoms with Crippen molar-refractivity contribution in [1.82, 2.24) is 14.5 Å². The highest BCUT2D eigenvalue weighted by molar-refractivity contribution is 5.82. The number of pyridine rings is 1. The van der Waals surface area contributed by atoms with Crippen molar-refractivity contribution in [3.63, 3.8) is 0 Å². The maximum atomic E-state index is 12.7. The molecule has 0 bridgehead atoms. The molecule has 36 heavy (non-hydrogen) atoms. The molecule has 0 aliphatic carbocycles. The number of amides is 1. The molecule has 0 saturated carbocycles. The second-order valence-electron chi connectivity index (χ2n) is 8.71. The van der Waals surface area contributed by atoms with E-state index in [0.29, 0.717) is 45.1 Å². The van der Waals surface area contributed by atoms with Crippen LogP contribution in [-0.2, 0) is 22.7 Å². The normalized spacial score (nSPS) is 13.8. The van der Waals surface area contributed by atoms with Gasteiger partial charge in [0.15, 0.2) is 6.61 Å². The number of nitrogens with zero attached hydrogens (tertiary/aromatic N) is 4. The number of ether oxygens (including phenoxy) is 2. The highest BCUT2D eigenvalue weighted by Crippen LogP contribution is 2.20. The number of anilines is 1. The van der Waals surface area contributed by atoms with Gasteiger partial charge in [0.1, 0.15) is 17.8 Å². The molecule has 1 aliphatic heterocycles. The van der Waals surface area contributed by atoms with Crippen molar-refractivity contribution < 1.29 is 18.7 Å². The molecular formula is C27H28N4O5. The molecule has 4 heterocycles. The molecule has 1 fully saturated rings. The molecule has 1 aliphatic rings. The molecule has 1 aromatic carbocycles. The van der Waals surface area contributed by atoms with E-state index < -0.39 is 0 Å². The van der Waals surface area contributed by atoms with E-state index >= 15 is 0 Å². The van der Waals surface area contributed by atoms with Crippen molar-refractivity contribution in [1.29, 1.82) is 0 Å². The largest absolute Gasteiger partial charge is 0.477 e. The van der Waals surface area contributed by atoms with Crippen molar-refractivity contribution in [3.05, 3.63) is 88.9 Å². The van der Waals surface area contributed by atoms with Crippen LogP contribution in [0.4, 0.5) is 5.82 Å². The summed E-state index contributed by atoms with van der Waals surface area (Å²) >= 11 is 0. The van der Waals surface area contributed by atoms with E-state index in [-0.39, 0.29) is 23.7 Å². The molecule has 1 saturated heterocycles. The van der Waals surface area contributed by atoms with E-state index in [1.807, 2.05) is 53.4 Å². The van der Waals surface area contributed by atoms with Crippen LogP contribution in [0.25, 0.3) is 10.8 Å². The van der Waals surface area contributed by atoms with Crippen molar-refractivity contribution in [2.75, 3.05) is 44.8 Å². The second kappa shape index (κ2) is 10.7. The number of hydrogen-bond donors (Lipinski definition) is 0. The average Bonchev–Trinajstić information content (AvgIpc) is 3.31. The predicted octanol–water partition coefficient (Wildman–Crippen LogP) is 2.91. The summed E-state index contributed by atoms with van der Waals surface area (Å²) in [4.78, 5) is 33.6. The maximum Gasteiger partial charge on any atom is 0.260 e. The van der Waals surface area contributed by atoms with Crippen LogP contribution in [0.3, 0.4) is 0 Å². The fraction of sp³-hybridized carbons (Fsp3) is 0.296. The molecule has 186 valence electrons. The summed E-state index contributed by atoms with van der Waals surface area (Å²) in [6, 6.07) is 13.3. The number of carbonyl (C=O) groups is 1. The number of carbonyl (C=O) groups excluding carboxylic acids is 1. The molecule has 0 atom stereocenters. The summed E-state index contributed by atoms with van der Waals surface area (Å²) in [6.45, 7) is 3.10. The Labute approximate surface area is 208 Å². The number of rotatable bonds is 8. The van der Waals surface area contributed by atoms with Gasteiger partial charge in [0, 0.05) is 63.5 Å². The molecule has 0 unspecified atom stereocenters. The number of fused-ring (bicyclic) bond motifs is 1. The highest BCUT2D eigenvalue weighted by atomic mass is 16.5. The lowest BCUT2D eigenvalue weighted by Gasteiger charge is -2.36. The van der Waals surface area contributed by atoms with Crippen molar-refractivity contribution in [2.24, 2.45) is 0 Å². The minimum Gasteiger partial charge on any atom is -0.477 e. The zero-order valence-corrected chi connectivity index (χ0v) is 20.1. The Morgan fingerprint density at radius 3 is 2.50 bits per heavy atom. The zero-order valence-electron chi connectivity index (χ0n) is 20.1. The van der Waals surface area contributed by atoms with Crippen LogP contribution < -0.4 is 15.1 Å². The van der Waals surface area contributed by atoms with Gasteiger partial charge in [0.05, 0.1) is 13.2 Å². The third-order valence-electron chi connectivity index (χ3n) is 6.25. The van der Waals surface area contributed by atoms with Crippen LogP contribution in [0.5, 0.6) is 5.75 Å². The number of benzene rings is 1. The van der Waals surface area contributed by atoms with E-state index in [2.05, 4.69) is 9.88 Å². The molecule has 1 amide bonds. The summed E-state index contributed by atoms with van der Waals surface area (Å²) in [7, 11) is 1.66. The molecular weight excluding hydrogens is 460 g/mol. The molecule has 9 nitrogen and oxygen atoms in total. The first kappa shape index (κ1) is 23.6. The minimum absolute atomic E-state index is 0.0288. The summed E-state index contributed by atoms with van der Waals surface area (Å²) in [5, 5.41) is 2.24. The van der Waals surface area contributed by atoms with E-state index in [0.717, 1.165) is 22.2 Å². The van der Waals surface area contributed by atoms with Gasteiger partial charge in [0.25, 0.3) is 5.91 Å². The molecule has 3 aromatic heterocycles. The lowest BCUT2D eigenvalue weighted by molar-refractivity contribution is -0.133.